The monoisotopic (exact) mass is 1300 g/mol. The van der Waals surface area contributed by atoms with Crippen molar-refractivity contribution in [3.05, 3.63) is 0 Å². The third kappa shape index (κ3) is 60.3. The smallest absolute Gasteiger partial charge is 0.462 e. The molecule has 7 atom stereocenters. The van der Waals surface area contributed by atoms with Crippen molar-refractivity contribution in [3.63, 3.8) is 0 Å². The van der Waals surface area contributed by atoms with Gasteiger partial charge in [0, 0.05) is 25.7 Å². The fourth-order valence-corrected chi connectivity index (χ4v) is 11.9. The highest BCUT2D eigenvalue weighted by molar-refractivity contribution is 7.47. The quantitative estimate of drug-likeness (QED) is 0.0222. The van der Waals surface area contributed by atoms with Crippen LogP contribution in [0.4, 0.5) is 0 Å². The molecule has 4 unspecified atom stereocenters. The average molecular weight is 1300 g/mol. The number of carbonyl (C=O) groups excluding carboxylic acids is 4. The van der Waals surface area contributed by atoms with Crippen LogP contribution in [0.2, 0.25) is 0 Å². The molecule has 0 aromatic carbocycles. The molecule has 0 amide bonds. The summed E-state index contributed by atoms with van der Waals surface area (Å²) in [5.41, 5.74) is 0. The maximum atomic E-state index is 13.0. The Bertz CT molecular complexity index is 1720. The van der Waals surface area contributed by atoms with Gasteiger partial charge in [-0.25, -0.2) is 9.13 Å². The maximum Gasteiger partial charge on any atom is 0.472 e. The maximum absolute atomic E-state index is 13.0. The normalized spacial score (nSPS) is 14.8. The van der Waals surface area contributed by atoms with E-state index in [4.69, 9.17) is 37.0 Å². The molecule has 0 saturated heterocycles. The molecular weight excluding hydrogens is 1160 g/mol. The van der Waals surface area contributed by atoms with Crippen molar-refractivity contribution in [2.24, 2.45) is 11.8 Å². The number of esters is 4. The molecule has 0 fully saturated rings. The van der Waals surface area contributed by atoms with E-state index in [0.29, 0.717) is 25.7 Å². The van der Waals surface area contributed by atoms with Crippen LogP contribution in [0.15, 0.2) is 0 Å². The van der Waals surface area contributed by atoms with E-state index in [0.717, 1.165) is 108 Å². The van der Waals surface area contributed by atoms with Gasteiger partial charge < -0.3 is 33.8 Å². The molecule has 0 aliphatic carbocycles. The number of phosphoric ester groups is 2. The molecule has 0 aromatic heterocycles. The summed E-state index contributed by atoms with van der Waals surface area (Å²) in [5, 5.41) is 10.6. The Morgan fingerprint density at radius 1 is 0.318 bits per heavy atom. The first kappa shape index (κ1) is 86.1. The molecule has 0 spiro atoms. The molecule has 0 aliphatic heterocycles. The minimum Gasteiger partial charge on any atom is -0.462 e. The number of hydrogen-bond acceptors (Lipinski definition) is 15. The Hall–Kier alpha value is -1.94. The van der Waals surface area contributed by atoms with Crippen LogP contribution in [0.25, 0.3) is 0 Å². The van der Waals surface area contributed by atoms with E-state index in [1.54, 1.807) is 0 Å². The molecule has 0 aliphatic rings. The van der Waals surface area contributed by atoms with Gasteiger partial charge in [0.2, 0.25) is 0 Å². The topological polar surface area (TPSA) is 237 Å². The highest BCUT2D eigenvalue weighted by Crippen LogP contribution is 2.45. The van der Waals surface area contributed by atoms with E-state index >= 15 is 0 Å². The Morgan fingerprint density at radius 3 is 0.807 bits per heavy atom. The van der Waals surface area contributed by atoms with E-state index < -0.39 is 97.5 Å². The molecule has 88 heavy (non-hydrogen) atoms. The zero-order chi connectivity index (χ0) is 65.0. The Balaban J connectivity index is 5.24. The van der Waals surface area contributed by atoms with Gasteiger partial charge >= 0.3 is 39.5 Å². The molecule has 0 aromatic rings. The molecule has 0 heterocycles. The zero-order valence-corrected chi connectivity index (χ0v) is 58.8. The highest BCUT2D eigenvalue weighted by atomic mass is 31.2. The molecule has 19 heteroatoms. The third-order valence-electron chi connectivity index (χ3n) is 16.7. The predicted octanol–water partition coefficient (Wildman–Crippen LogP) is 19.6. The van der Waals surface area contributed by atoms with Gasteiger partial charge in [-0.15, -0.1) is 0 Å². The van der Waals surface area contributed by atoms with Gasteiger partial charge in [-0.1, -0.05) is 298 Å². The first-order valence-corrected chi connectivity index (χ1v) is 39.1. The largest absolute Gasteiger partial charge is 0.472 e. The number of phosphoric acid groups is 2. The highest BCUT2D eigenvalue weighted by Gasteiger charge is 2.30. The van der Waals surface area contributed by atoms with Gasteiger partial charge in [-0.3, -0.25) is 37.3 Å². The van der Waals surface area contributed by atoms with Crippen LogP contribution in [0.1, 0.15) is 350 Å². The lowest BCUT2D eigenvalue weighted by molar-refractivity contribution is -0.161. The second-order valence-electron chi connectivity index (χ2n) is 25.4. The van der Waals surface area contributed by atoms with Crippen LogP contribution < -0.4 is 0 Å². The molecule has 0 saturated carbocycles. The van der Waals surface area contributed by atoms with E-state index in [2.05, 4.69) is 41.5 Å². The Labute approximate surface area is 537 Å². The number of carbonyl (C=O) groups is 4. The minimum absolute atomic E-state index is 0.102. The van der Waals surface area contributed by atoms with Crippen molar-refractivity contribution in [1.29, 1.82) is 0 Å². The summed E-state index contributed by atoms with van der Waals surface area (Å²) in [6.07, 6.45) is 45.8. The average Bonchev–Trinajstić information content (AvgIpc) is 3.57. The summed E-state index contributed by atoms with van der Waals surface area (Å²) in [6, 6.07) is 0. The van der Waals surface area contributed by atoms with Crippen molar-refractivity contribution in [1.82, 2.24) is 0 Å². The molecule has 17 nitrogen and oxygen atoms in total. The van der Waals surface area contributed by atoms with Crippen LogP contribution in [0.5, 0.6) is 0 Å². The molecular formula is C69H134O17P2. The standard InChI is InChI=1S/C69H134O17P2/c1-7-11-13-15-17-19-21-23-24-25-26-28-30-32-41-47-53-68(73)85-64(57-79-66(71)51-45-39-31-29-27-22-20-18-16-14-12-8-2)59-83-87(75,76)81-55-63(70)56-82-88(77,78)84-60-65(86-69(74)54-48-42-36-34-38-44-50-62(6)10-4)58-80-67(72)52-46-40-35-33-37-43-49-61(5)9-3/h61-65,70H,7-60H2,1-6H3,(H,75,76)(H,77,78)/t61?,62?,63-,64-,65-/m1/s1. The number of rotatable bonds is 68. The molecule has 3 N–H and O–H groups in total. The fraction of sp³-hybridized carbons (Fsp3) is 0.942. The number of hydrogen-bond donors (Lipinski definition) is 3. The lowest BCUT2D eigenvalue weighted by atomic mass is 10.00. The second kappa shape index (κ2) is 61.3. The summed E-state index contributed by atoms with van der Waals surface area (Å²) in [6.45, 7) is 9.45. The SMILES string of the molecule is CCCCCCCCCCCCCCCCCCC(=O)O[C@H](COC(=O)CCCCCCCCCCCCCC)COP(=O)(O)OC[C@@H](O)COP(=O)(O)OC[C@@H](COC(=O)CCCCCCCCC(C)CC)OC(=O)CCCCCCCCC(C)CC. The lowest BCUT2D eigenvalue weighted by Crippen LogP contribution is -2.30. The van der Waals surface area contributed by atoms with Gasteiger partial charge in [-0.05, 0) is 37.5 Å². The van der Waals surface area contributed by atoms with Crippen LogP contribution in [0.3, 0.4) is 0 Å². The molecule has 0 rings (SSSR count). The van der Waals surface area contributed by atoms with Crippen LogP contribution in [0, 0.1) is 11.8 Å². The molecule has 0 radical (unpaired) electrons. The first-order valence-electron chi connectivity index (χ1n) is 36.1. The lowest BCUT2D eigenvalue weighted by Gasteiger charge is -2.21. The van der Waals surface area contributed by atoms with Gasteiger partial charge in [0.05, 0.1) is 26.4 Å². The van der Waals surface area contributed by atoms with E-state index in [1.807, 2.05) is 0 Å². The van der Waals surface area contributed by atoms with E-state index in [-0.39, 0.29) is 25.7 Å². The summed E-state index contributed by atoms with van der Waals surface area (Å²) in [7, 11) is -9.90. The number of unbranched alkanes of at least 4 members (excludes halogenated alkanes) is 36. The van der Waals surface area contributed by atoms with Crippen molar-refractivity contribution in [2.75, 3.05) is 39.6 Å². The van der Waals surface area contributed by atoms with Crippen molar-refractivity contribution in [3.8, 4) is 0 Å². The number of ether oxygens (including phenoxy) is 4. The van der Waals surface area contributed by atoms with Gasteiger partial charge in [0.1, 0.15) is 19.3 Å². The summed E-state index contributed by atoms with van der Waals surface area (Å²) in [5.74, 6) is -0.677. The summed E-state index contributed by atoms with van der Waals surface area (Å²) in [4.78, 5) is 72.5. The minimum atomic E-state index is -4.95. The summed E-state index contributed by atoms with van der Waals surface area (Å²) < 4.78 is 68.2. The van der Waals surface area contributed by atoms with Crippen molar-refractivity contribution >= 4 is 39.5 Å². The Kier molecular flexibility index (Phi) is 59.9. The van der Waals surface area contributed by atoms with Crippen molar-refractivity contribution < 1.29 is 80.2 Å². The Morgan fingerprint density at radius 2 is 0.545 bits per heavy atom. The molecule has 0 bridgehead atoms. The fourth-order valence-electron chi connectivity index (χ4n) is 10.4. The van der Waals surface area contributed by atoms with Crippen LogP contribution in [-0.2, 0) is 65.4 Å². The van der Waals surface area contributed by atoms with Crippen LogP contribution in [-0.4, -0.2) is 96.7 Å². The first-order chi connectivity index (χ1) is 42.4. The summed E-state index contributed by atoms with van der Waals surface area (Å²) >= 11 is 0. The van der Waals surface area contributed by atoms with E-state index in [1.165, 1.54) is 161 Å². The van der Waals surface area contributed by atoms with Gasteiger partial charge in [-0.2, -0.15) is 0 Å². The van der Waals surface area contributed by atoms with Crippen LogP contribution >= 0.6 is 15.6 Å². The second-order valence-corrected chi connectivity index (χ2v) is 28.3. The number of aliphatic hydroxyl groups excluding tert-OH is 1. The third-order valence-corrected chi connectivity index (χ3v) is 18.6. The zero-order valence-electron chi connectivity index (χ0n) is 57.0. The number of aliphatic hydroxyl groups is 1. The predicted molar refractivity (Wildman–Crippen MR) is 354 cm³/mol. The van der Waals surface area contributed by atoms with E-state index in [9.17, 15) is 43.2 Å². The van der Waals surface area contributed by atoms with Gasteiger partial charge in [0.15, 0.2) is 12.2 Å². The van der Waals surface area contributed by atoms with Gasteiger partial charge in [0.25, 0.3) is 0 Å². The molecule has 522 valence electrons. The van der Waals surface area contributed by atoms with Crippen molar-refractivity contribution in [2.45, 2.75) is 368 Å².